The smallest absolute Gasteiger partial charge is 0.0994 e. The van der Waals surface area contributed by atoms with E-state index in [2.05, 4.69) is 10.9 Å². The van der Waals surface area contributed by atoms with Crippen molar-refractivity contribution in [3.63, 3.8) is 0 Å². The zero-order valence-corrected chi connectivity index (χ0v) is 8.50. The Morgan fingerprint density at radius 2 is 2.07 bits per heavy atom. The van der Waals surface area contributed by atoms with Crippen molar-refractivity contribution in [1.82, 2.24) is 0 Å². The number of hydrogen-bond acceptors (Lipinski definition) is 3. The van der Waals surface area contributed by atoms with Crippen molar-refractivity contribution in [3.05, 3.63) is 34.4 Å². The summed E-state index contributed by atoms with van der Waals surface area (Å²) in [6.45, 7) is 4.45. The normalized spacial score (nSPS) is 9.86. The Balaban J connectivity index is 3.00. The van der Waals surface area contributed by atoms with Crippen molar-refractivity contribution in [2.24, 2.45) is 5.90 Å². The molecule has 14 heavy (non-hydrogen) atoms. The van der Waals surface area contributed by atoms with Gasteiger partial charge in [-0.2, -0.15) is 5.26 Å². The van der Waals surface area contributed by atoms with E-state index in [1.807, 2.05) is 26.0 Å². The second kappa shape index (κ2) is 4.75. The van der Waals surface area contributed by atoms with Crippen LogP contribution in [0.15, 0.2) is 12.1 Å². The van der Waals surface area contributed by atoms with Crippen LogP contribution < -0.4 is 5.90 Å². The first-order valence-corrected chi connectivity index (χ1v) is 4.51. The van der Waals surface area contributed by atoms with Crippen LogP contribution in [0, 0.1) is 25.2 Å². The summed E-state index contributed by atoms with van der Waals surface area (Å²) in [5, 5.41) is 8.85. The number of benzene rings is 1. The van der Waals surface area contributed by atoms with Crippen LogP contribution in [0.4, 0.5) is 0 Å². The molecule has 3 nitrogen and oxygen atoms in total. The highest BCUT2D eigenvalue weighted by Gasteiger charge is 2.03. The van der Waals surface area contributed by atoms with Gasteiger partial charge in [-0.15, -0.1) is 0 Å². The predicted molar refractivity (Wildman–Crippen MR) is 54.5 cm³/mol. The quantitative estimate of drug-likeness (QED) is 0.736. The summed E-state index contributed by atoms with van der Waals surface area (Å²) in [5.74, 6) is 4.96. The third kappa shape index (κ3) is 2.32. The third-order valence-corrected chi connectivity index (χ3v) is 2.29. The summed E-state index contributed by atoms with van der Waals surface area (Å²) >= 11 is 0. The van der Waals surface area contributed by atoms with Crippen LogP contribution in [0.5, 0.6) is 0 Å². The van der Waals surface area contributed by atoms with Crippen molar-refractivity contribution >= 4 is 0 Å². The first-order valence-electron chi connectivity index (χ1n) is 4.51. The van der Waals surface area contributed by atoms with E-state index in [0.717, 1.165) is 23.1 Å². The topological polar surface area (TPSA) is 59.0 Å². The molecule has 0 unspecified atom stereocenters. The minimum atomic E-state index is 0.481. The van der Waals surface area contributed by atoms with Crippen molar-refractivity contribution in [2.45, 2.75) is 20.3 Å². The van der Waals surface area contributed by atoms with Crippen LogP contribution in [0.2, 0.25) is 0 Å². The average Bonchev–Trinajstić information content (AvgIpc) is 2.17. The highest BCUT2D eigenvalue weighted by atomic mass is 16.6. The second-order valence-corrected chi connectivity index (χ2v) is 3.33. The minimum absolute atomic E-state index is 0.481. The molecule has 0 radical (unpaired) electrons. The molecule has 0 aliphatic heterocycles. The van der Waals surface area contributed by atoms with E-state index in [1.54, 1.807) is 0 Å². The van der Waals surface area contributed by atoms with Gasteiger partial charge in [0, 0.05) is 0 Å². The molecule has 0 fully saturated rings. The molecule has 0 aromatic heterocycles. The van der Waals surface area contributed by atoms with Crippen molar-refractivity contribution in [1.29, 1.82) is 5.26 Å². The summed E-state index contributed by atoms with van der Waals surface area (Å²) < 4.78 is 0. The van der Waals surface area contributed by atoms with Crippen LogP contribution in [0.25, 0.3) is 0 Å². The zero-order valence-electron chi connectivity index (χ0n) is 8.50. The molecule has 0 saturated carbocycles. The second-order valence-electron chi connectivity index (χ2n) is 3.33. The molecule has 3 heteroatoms. The largest absolute Gasteiger partial charge is 0.304 e. The van der Waals surface area contributed by atoms with E-state index < -0.39 is 0 Å². The first kappa shape index (κ1) is 10.7. The summed E-state index contributed by atoms with van der Waals surface area (Å²) in [5.41, 5.74) is 4.04. The van der Waals surface area contributed by atoms with E-state index in [4.69, 9.17) is 11.2 Å². The van der Waals surface area contributed by atoms with Gasteiger partial charge in [0.1, 0.15) is 0 Å². The van der Waals surface area contributed by atoms with Crippen molar-refractivity contribution in [3.8, 4) is 6.07 Å². The van der Waals surface area contributed by atoms with E-state index in [0.29, 0.717) is 6.61 Å². The van der Waals surface area contributed by atoms with Gasteiger partial charge < -0.3 is 4.84 Å². The average molecular weight is 190 g/mol. The van der Waals surface area contributed by atoms with Gasteiger partial charge in [0.05, 0.1) is 18.2 Å². The maximum Gasteiger partial charge on any atom is 0.0994 e. The Labute approximate surface area is 84.1 Å². The molecule has 1 rings (SSSR count). The van der Waals surface area contributed by atoms with Gasteiger partial charge in [0.15, 0.2) is 0 Å². The Morgan fingerprint density at radius 3 is 2.64 bits per heavy atom. The molecular weight excluding hydrogens is 176 g/mol. The van der Waals surface area contributed by atoms with Gasteiger partial charge in [0.2, 0.25) is 0 Å². The van der Waals surface area contributed by atoms with Gasteiger partial charge in [-0.25, -0.2) is 5.90 Å². The Kier molecular flexibility index (Phi) is 3.63. The number of hydrogen-bond donors (Lipinski definition) is 1. The van der Waals surface area contributed by atoms with E-state index >= 15 is 0 Å². The van der Waals surface area contributed by atoms with Crippen molar-refractivity contribution < 1.29 is 4.84 Å². The molecular formula is C11H14N2O. The van der Waals surface area contributed by atoms with E-state index in [-0.39, 0.29) is 0 Å². The lowest BCUT2D eigenvalue weighted by atomic mass is 9.99. The number of aryl methyl sites for hydroxylation is 2. The molecule has 0 aliphatic carbocycles. The van der Waals surface area contributed by atoms with Gasteiger partial charge in [0.25, 0.3) is 0 Å². The summed E-state index contributed by atoms with van der Waals surface area (Å²) in [6.07, 6.45) is 0.747. The van der Waals surface area contributed by atoms with Gasteiger partial charge in [-0.3, -0.25) is 0 Å². The van der Waals surface area contributed by atoms with Crippen molar-refractivity contribution in [2.75, 3.05) is 6.61 Å². The van der Waals surface area contributed by atoms with Crippen LogP contribution in [0.3, 0.4) is 0 Å². The van der Waals surface area contributed by atoms with E-state index in [9.17, 15) is 0 Å². The SMILES string of the molecule is Cc1cc(C)c(CCON)cc1C#N. The fraction of sp³-hybridized carbons (Fsp3) is 0.364. The van der Waals surface area contributed by atoms with Crippen LogP contribution >= 0.6 is 0 Å². The Morgan fingerprint density at radius 1 is 1.36 bits per heavy atom. The van der Waals surface area contributed by atoms with Crippen LogP contribution in [0.1, 0.15) is 22.3 Å². The molecule has 0 bridgehead atoms. The number of nitrogens with two attached hydrogens (primary N) is 1. The van der Waals surface area contributed by atoms with Gasteiger partial charge >= 0.3 is 0 Å². The maximum absolute atomic E-state index is 8.85. The molecule has 74 valence electrons. The monoisotopic (exact) mass is 190 g/mol. The lowest BCUT2D eigenvalue weighted by molar-refractivity contribution is 0.141. The molecule has 2 N–H and O–H groups in total. The standard InChI is InChI=1S/C11H14N2O/c1-8-5-9(2)11(7-12)6-10(8)3-4-14-13/h5-6H,3-4,13H2,1-2H3. The summed E-state index contributed by atoms with van der Waals surface area (Å²) in [4.78, 5) is 4.52. The molecule has 0 atom stereocenters. The third-order valence-electron chi connectivity index (χ3n) is 2.29. The minimum Gasteiger partial charge on any atom is -0.304 e. The zero-order chi connectivity index (χ0) is 10.6. The van der Waals surface area contributed by atoms with E-state index in [1.165, 1.54) is 5.56 Å². The Bertz CT molecular complexity index is 366. The summed E-state index contributed by atoms with van der Waals surface area (Å²) in [6, 6.07) is 6.09. The number of rotatable bonds is 3. The molecule has 0 heterocycles. The maximum atomic E-state index is 8.85. The van der Waals surface area contributed by atoms with Crippen LogP contribution in [-0.4, -0.2) is 6.61 Å². The van der Waals surface area contributed by atoms with Crippen LogP contribution in [-0.2, 0) is 11.3 Å². The van der Waals surface area contributed by atoms with Gasteiger partial charge in [-0.1, -0.05) is 6.07 Å². The highest BCUT2D eigenvalue weighted by molar-refractivity contribution is 5.43. The fourth-order valence-electron chi connectivity index (χ4n) is 1.46. The molecule has 0 aliphatic rings. The fourth-order valence-corrected chi connectivity index (χ4v) is 1.46. The molecule has 0 saturated heterocycles. The molecule has 0 spiro atoms. The lowest BCUT2D eigenvalue weighted by Gasteiger charge is -2.07. The first-order chi connectivity index (χ1) is 6.69. The molecule has 1 aromatic carbocycles. The number of nitriles is 1. The van der Waals surface area contributed by atoms with Gasteiger partial charge in [-0.05, 0) is 43.0 Å². The Hall–Kier alpha value is -1.37. The highest BCUT2D eigenvalue weighted by Crippen LogP contribution is 2.15. The molecule has 1 aromatic rings. The predicted octanol–water partition coefficient (Wildman–Crippen LogP) is 1.61. The summed E-state index contributed by atoms with van der Waals surface area (Å²) in [7, 11) is 0. The molecule has 0 amide bonds. The number of nitrogens with zero attached hydrogens (tertiary/aromatic N) is 1. The lowest BCUT2D eigenvalue weighted by Crippen LogP contribution is -2.05.